The molecule has 8 heteroatoms. The van der Waals surface area contributed by atoms with Gasteiger partial charge < -0.3 is 19.5 Å². The number of aromatic nitrogens is 2. The molecule has 0 aliphatic carbocycles. The minimum atomic E-state index is -0.350. The molecule has 0 radical (unpaired) electrons. The van der Waals surface area contributed by atoms with E-state index < -0.39 is 0 Å². The number of carbonyl (C=O) groups excluding carboxylic acids is 1. The molecule has 1 aliphatic rings. The van der Waals surface area contributed by atoms with Gasteiger partial charge >= 0.3 is 5.97 Å². The standard InChI is InChI=1S/C23H27N3O4S/c1-12(2)18-11-31-22(26-18)16-9-20(30-14-8-17(24-10-14)23(27)29-5)15-6-7-19(28-4)13(3)21(15)25-16/h6-7,9,11-12,14,17,24H,8,10H2,1-5H3/t14-,17+/m1/s1. The molecule has 1 N–H and O–H groups in total. The van der Waals surface area contributed by atoms with Gasteiger partial charge in [-0.3, -0.25) is 4.79 Å². The first-order chi connectivity index (χ1) is 14.9. The van der Waals surface area contributed by atoms with Gasteiger partial charge in [0.2, 0.25) is 0 Å². The molecule has 1 aromatic carbocycles. The van der Waals surface area contributed by atoms with E-state index >= 15 is 0 Å². The van der Waals surface area contributed by atoms with Gasteiger partial charge in [0.25, 0.3) is 0 Å². The van der Waals surface area contributed by atoms with Crippen LogP contribution in [0.15, 0.2) is 23.6 Å². The van der Waals surface area contributed by atoms with Crippen LogP contribution in [-0.2, 0) is 9.53 Å². The lowest BCUT2D eigenvalue weighted by Gasteiger charge is -2.17. The van der Waals surface area contributed by atoms with Crippen molar-refractivity contribution in [1.82, 2.24) is 15.3 Å². The van der Waals surface area contributed by atoms with Crippen molar-refractivity contribution in [3.63, 3.8) is 0 Å². The van der Waals surface area contributed by atoms with Gasteiger partial charge in [-0.15, -0.1) is 11.3 Å². The van der Waals surface area contributed by atoms with E-state index in [1.807, 2.05) is 25.1 Å². The van der Waals surface area contributed by atoms with Crippen LogP contribution in [-0.4, -0.2) is 48.8 Å². The quantitative estimate of drug-likeness (QED) is 0.577. The molecular weight excluding hydrogens is 414 g/mol. The van der Waals surface area contributed by atoms with Crippen LogP contribution in [0, 0.1) is 6.92 Å². The maximum atomic E-state index is 11.9. The molecule has 3 aromatic rings. The molecule has 2 aromatic heterocycles. The molecule has 164 valence electrons. The summed E-state index contributed by atoms with van der Waals surface area (Å²) in [5, 5.41) is 7.01. The Morgan fingerprint density at radius 2 is 2.03 bits per heavy atom. The minimum absolute atomic E-state index is 0.146. The Morgan fingerprint density at radius 3 is 2.71 bits per heavy atom. The van der Waals surface area contributed by atoms with E-state index in [1.165, 1.54) is 7.11 Å². The lowest BCUT2D eigenvalue weighted by atomic mass is 10.1. The van der Waals surface area contributed by atoms with Gasteiger partial charge in [-0.25, -0.2) is 9.97 Å². The number of fused-ring (bicyclic) bond motifs is 1. The summed E-state index contributed by atoms with van der Waals surface area (Å²) in [5.41, 5.74) is 3.59. The monoisotopic (exact) mass is 441 g/mol. The Kier molecular flexibility index (Phi) is 6.11. The maximum Gasteiger partial charge on any atom is 0.323 e. The highest BCUT2D eigenvalue weighted by molar-refractivity contribution is 7.13. The van der Waals surface area contributed by atoms with E-state index in [1.54, 1.807) is 18.4 Å². The summed E-state index contributed by atoms with van der Waals surface area (Å²) >= 11 is 1.58. The number of aryl methyl sites for hydroxylation is 1. The Hall–Kier alpha value is -2.71. The highest BCUT2D eigenvalue weighted by atomic mass is 32.1. The fourth-order valence-corrected chi connectivity index (χ4v) is 4.71. The van der Waals surface area contributed by atoms with Gasteiger partial charge in [-0.2, -0.15) is 0 Å². The minimum Gasteiger partial charge on any atom is -0.496 e. The van der Waals surface area contributed by atoms with Crippen LogP contribution in [0.25, 0.3) is 21.6 Å². The Morgan fingerprint density at radius 1 is 1.23 bits per heavy atom. The van der Waals surface area contributed by atoms with Crippen molar-refractivity contribution in [3.8, 4) is 22.2 Å². The zero-order chi connectivity index (χ0) is 22.1. The summed E-state index contributed by atoms with van der Waals surface area (Å²) in [4.78, 5) is 21.6. The Labute approximate surface area is 185 Å². The van der Waals surface area contributed by atoms with Gasteiger partial charge in [-0.05, 0) is 25.0 Å². The van der Waals surface area contributed by atoms with E-state index in [0.29, 0.717) is 18.9 Å². The average Bonchev–Trinajstić information content (AvgIpc) is 3.44. The second-order valence-corrected chi connectivity index (χ2v) is 8.84. The van der Waals surface area contributed by atoms with Gasteiger partial charge in [0, 0.05) is 35.4 Å². The Balaban J connectivity index is 1.75. The fraction of sp³-hybridized carbons (Fsp3) is 0.435. The number of esters is 1. The summed E-state index contributed by atoms with van der Waals surface area (Å²) in [6.45, 7) is 6.82. The molecule has 4 rings (SSSR count). The van der Waals surface area contributed by atoms with Crippen molar-refractivity contribution in [2.45, 2.75) is 45.3 Å². The third-order valence-corrected chi connectivity index (χ3v) is 6.45. The summed E-state index contributed by atoms with van der Waals surface area (Å²) < 4.78 is 16.7. The topological polar surface area (TPSA) is 82.6 Å². The predicted molar refractivity (Wildman–Crippen MR) is 121 cm³/mol. The first kappa shape index (κ1) is 21.5. The molecule has 1 fully saturated rings. The van der Waals surface area contributed by atoms with Gasteiger partial charge in [0.05, 0.1) is 25.4 Å². The number of ether oxygens (including phenoxy) is 3. The number of methoxy groups -OCH3 is 2. The molecule has 7 nitrogen and oxygen atoms in total. The number of rotatable bonds is 6. The normalized spacial score (nSPS) is 18.5. The lowest BCUT2D eigenvalue weighted by Crippen LogP contribution is -2.31. The zero-order valence-corrected chi connectivity index (χ0v) is 19.2. The van der Waals surface area contributed by atoms with Gasteiger partial charge in [0.15, 0.2) is 0 Å². The van der Waals surface area contributed by atoms with E-state index in [4.69, 9.17) is 24.2 Å². The van der Waals surface area contributed by atoms with Crippen LogP contribution in [0.5, 0.6) is 11.5 Å². The molecule has 0 unspecified atom stereocenters. The summed E-state index contributed by atoms with van der Waals surface area (Å²) in [7, 11) is 3.05. The molecule has 31 heavy (non-hydrogen) atoms. The smallest absolute Gasteiger partial charge is 0.323 e. The van der Waals surface area contributed by atoms with Crippen LogP contribution in [0.2, 0.25) is 0 Å². The highest BCUT2D eigenvalue weighted by Gasteiger charge is 2.32. The Bertz CT molecular complexity index is 1110. The predicted octanol–water partition coefficient (Wildman–Crippen LogP) is 4.08. The molecule has 1 aliphatic heterocycles. The number of hydrogen-bond donors (Lipinski definition) is 1. The summed E-state index contributed by atoms with van der Waals surface area (Å²) in [5.74, 6) is 1.58. The maximum absolute atomic E-state index is 11.9. The zero-order valence-electron chi connectivity index (χ0n) is 18.4. The summed E-state index contributed by atoms with van der Waals surface area (Å²) in [6, 6.07) is 5.49. The van der Waals surface area contributed by atoms with Gasteiger partial charge in [0.1, 0.15) is 34.3 Å². The average molecular weight is 442 g/mol. The highest BCUT2D eigenvalue weighted by Crippen LogP contribution is 2.37. The van der Waals surface area contributed by atoms with Crippen LogP contribution in [0.3, 0.4) is 0 Å². The lowest BCUT2D eigenvalue weighted by molar-refractivity contribution is -0.142. The molecule has 0 saturated carbocycles. The third kappa shape index (κ3) is 4.22. The largest absolute Gasteiger partial charge is 0.496 e. The number of nitrogens with zero attached hydrogens (tertiary/aromatic N) is 2. The van der Waals surface area contributed by atoms with Gasteiger partial charge in [-0.1, -0.05) is 13.8 Å². The van der Waals surface area contributed by atoms with E-state index in [2.05, 4.69) is 24.5 Å². The first-order valence-electron chi connectivity index (χ1n) is 10.3. The molecule has 2 atom stereocenters. The third-order valence-electron chi connectivity index (χ3n) is 5.57. The number of thiazole rings is 1. The van der Waals surface area contributed by atoms with Crippen molar-refractivity contribution in [1.29, 1.82) is 0 Å². The SMILES string of the molecule is COC(=O)[C@@H]1C[C@@H](Oc2cc(-c3nc(C(C)C)cs3)nc3c(C)c(OC)ccc23)CN1. The van der Waals surface area contributed by atoms with Crippen LogP contribution >= 0.6 is 11.3 Å². The second-order valence-electron chi connectivity index (χ2n) is 7.99. The molecular formula is C23H27N3O4S. The van der Waals surface area contributed by atoms with Crippen molar-refractivity contribution in [2.75, 3.05) is 20.8 Å². The van der Waals surface area contributed by atoms with Crippen molar-refractivity contribution in [3.05, 3.63) is 34.8 Å². The molecule has 3 heterocycles. The molecule has 1 saturated heterocycles. The number of benzene rings is 1. The number of nitrogens with one attached hydrogen (secondary N) is 1. The first-order valence-corrected chi connectivity index (χ1v) is 11.2. The van der Waals surface area contributed by atoms with Crippen molar-refractivity contribution in [2.24, 2.45) is 0 Å². The van der Waals surface area contributed by atoms with Crippen molar-refractivity contribution >= 4 is 28.2 Å². The summed E-state index contributed by atoms with van der Waals surface area (Å²) in [6.07, 6.45) is 0.405. The van der Waals surface area contributed by atoms with E-state index in [9.17, 15) is 4.79 Å². The number of hydrogen-bond acceptors (Lipinski definition) is 8. The fourth-order valence-electron chi connectivity index (χ4n) is 3.77. The van der Waals surface area contributed by atoms with E-state index in [-0.39, 0.29) is 18.1 Å². The van der Waals surface area contributed by atoms with Crippen LogP contribution in [0.1, 0.15) is 37.4 Å². The second kappa shape index (κ2) is 8.80. The molecule has 0 spiro atoms. The van der Waals surface area contributed by atoms with Crippen molar-refractivity contribution < 1.29 is 19.0 Å². The van der Waals surface area contributed by atoms with Crippen LogP contribution in [0.4, 0.5) is 0 Å². The number of carbonyl (C=O) groups is 1. The number of pyridine rings is 1. The molecule has 0 amide bonds. The van der Waals surface area contributed by atoms with Crippen LogP contribution < -0.4 is 14.8 Å². The van der Waals surface area contributed by atoms with E-state index in [0.717, 1.165) is 44.4 Å². The molecule has 0 bridgehead atoms.